The molecule has 4 rings (SSSR count). The van der Waals surface area contributed by atoms with Crippen LogP contribution >= 0.6 is 23.1 Å². The summed E-state index contributed by atoms with van der Waals surface area (Å²) in [6.07, 6.45) is 3.52. The minimum atomic E-state index is -0.0327. The molecule has 5 nitrogen and oxygen atoms in total. The highest BCUT2D eigenvalue weighted by Gasteiger charge is 2.24. The molecule has 2 aromatic heterocycles. The van der Waals surface area contributed by atoms with E-state index in [0.29, 0.717) is 5.75 Å². The number of aryl methyl sites for hydroxylation is 1. The van der Waals surface area contributed by atoms with Gasteiger partial charge in [0.1, 0.15) is 0 Å². The second kappa shape index (κ2) is 8.71. The number of rotatable bonds is 6. The summed E-state index contributed by atoms with van der Waals surface area (Å²) < 4.78 is 2.13. The number of nitrogens with one attached hydrogen (secondary N) is 1. The summed E-state index contributed by atoms with van der Waals surface area (Å²) >= 11 is 3.29. The SMILES string of the molecule is CCn1c(SCC(=O)Nc2cccc(C)c2)nnc1-c1csc2c1CCC(C)C2. The van der Waals surface area contributed by atoms with Crippen LogP contribution in [0.3, 0.4) is 0 Å². The van der Waals surface area contributed by atoms with Crippen molar-refractivity contribution in [2.45, 2.75) is 51.7 Å². The van der Waals surface area contributed by atoms with Crippen molar-refractivity contribution in [1.29, 1.82) is 0 Å². The summed E-state index contributed by atoms with van der Waals surface area (Å²) in [5, 5.41) is 14.9. The quantitative estimate of drug-likeness (QED) is 0.551. The Morgan fingerprint density at radius 2 is 2.24 bits per heavy atom. The molecule has 0 saturated carbocycles. The molecule has 0 radical (unpaired) electrons. The Morgan fingerprint density at radius 3 is 3.03 bits per heavy atom. The first-order chi connectivity index (χ1) is 14.0. The first kappa shape index (κ1) is 20.2. The van der Waals surface area contributed by atoms with E-state index in [0.717, 1.165) is 41.1 Å². The lowest BCUT2D eigenvalue weighted by Crippen LogP contribution is -2.14. The van der Waals surface area contributed by atoms with Crippen LogP contribution < -0.4 is 5.32 Å². The summed E-state index contributed by atoms with van der Waals surface area (Å²) in [6, 6.07) is 7.83. The van der Waals surface area contributed by atoms with Crippen molar-refractivity contribution in [2.24, 2.45) is 5.92 Å². The van der Waals surface area contributed by atoms with E-state index >= 15 is 0 Å². The molecule has 1 atom stereocenters. The van der Waals surface area contributed by atoms with Crippen molar-refractivity contribution in [1.82, 2.24) is 14.8 Å². The maximum atomic E-state index is 12.4. The minimum absolute atomic E-state index is 0.0327. The van der Waals surface area contributed by atoms with Gasteiger partial charge in [0, 0.05) is 28.1 Å². The van der Waals surface area contributed by atoms with Gasteiger partial charge in [0.05, 0.1) is 5.75 Å². The zero-order valence-corrected chi connectivity index (χ0v) is 18.7. The van der Waals surface area contributed by atoms with Crippen LogP contribution in [0.4, 0.5) is 5.69 Å². The van der Waals surface area contributed by atoms with Crippen LogP contribution in [0.15, 0.2) is 34.8 Å². The number of thiophene rings is 1. The molecule has 1 unspecified atom stereocenters. The van der Waals surface area contributed by atoms with Gasteiger partial charge in [-0.15, -0.1) is 21.5 Å². The van der Waals surface area contributed by atoms with E-state index in [1.54, 1.807) is 0 Å². The van der Waals surface area contributed by atoms with Gasteiger partial charge in [-0.2, -0.15) is 0 Å². The predicted octanol–water partition coefficient (Wildman–Crippen LogP) is 5.19. The van der Waals surface area contributed by atoms with E-state index < -0.39 is 0 Å². The van der Waals surface area contributed by atoms with Gasteiger partial charge in [-0.25, -0.2) is 0 Å². The Bertz CT molecular complexity index is 1020. The molecule has 1 aromatic carbocycles. The van der Waals surface area contributed by atoms with Crippen molar-refractivity contribution in [3.63, 3.8) is 0 Å². The summed E-state index contributed by atoms with van der Waals surface area (Å²) in [5.41, 5.74) is 4.62. The van der Waals surface area contributed by atoms with Gasteiger partial charge in [-0.3, -0.25) is 4.79 Å². The fourth-order valence-corrected chi connectivity index (χ4v) is 5.84. The number of thioether (sulfide) groups is 1. The number of carbonyl (C=O) groups excluding carboxylic acids is 1. The van der Waals surface area contributed by atoms with Crippen LogP contribution in [0.5, 0.6) is 0 Å². The third-order valence-corrected chi connectivity index (χ3v) is 7.33. The van der Waals surface area contributed by atoms with Crippen molar-refractivity contribution in [3.05, 3.63) is 45.6 Å². The van der Waals surface area contributed by atoms with E-state index in [9.17, 15) is 4.79 Å². The molecule has 2 heterocycles. The number of fused-ring (bicyclic) bond motifs is 1. The minimum Gasteiger partial charge on any atom is -0.325 e. The Morgan fingerprint density at radius 1 is 1.38 bits per heavy atom. The molecule has 7 heteroatoms. The van der Waals surface area contributed by atoms with Crippen LogP contribution in [0.25, 0.3) is 11.4 Å². The van der Waals surface area contributed by atoms with Crippen LogP contribution in [0.2, 0.25) is 0 Å². The van der Waals surface area contributed by atoms with E-state index in [1.165, 1.54) is 40.6 Å². The Balaban J connectivity index is 1.47. The fraction of sp³-hybridized carbons (Fsp3) is 0.409. The van der Waals surface area contributed by atoms with Gasteiger partial charge in [-0.1, -0.05) is 30.8 Å². The van der Waals surface area contributed by atoms with Crippen molar-refractivity contribution >= 4 is 34.7 Å². The average molecular weight is 427 g/mol. The number of aromatic nitrogens is 3. The highest BCUT2D eigenvalue weighted by molar-refractivity contribution is 7.99. The Hall–Kier alpha value is -2.12. The second-order valence-corrected chi connectivity index (χ2v) is 9.56. The lowest BCUT2D eigenvalue weighted by Gasteiger charge is -2.19. The maximum absolute atomic E-state index is 12.4. The normalized spacial score (nSPS) is 15.9. The van der Waals surface area contributed by atoms with Gasteiger partial charge >= 0.3 is 0 Å². The maximum Gasteiger partial charge on any atom is 0.234 e. The molecule has 152 valence electrons. The molecule has 0 spiro atoms. The van der Waals surface area contributed by atoms with Crippen LogP contribution in [0.1, 0.15) is 36.3 Å². The lowest BCUT2D eigenvalue weighted by atomic mass is 9.88. The molecule has 0 bridgehead atoms. The van der Waals surface area contributed by atoms with Gasteiger partial charge < -0.3 is 9.88 Å². The third kappa shape index (κ3) is 4.41. The average Bonchev–Trinajstić information content (AvgIpc) is 3.29. The molecule has 1 N–H and O–H groups in total. The molecule has 0 aliphatic heterocycles. The fourth-order valence-electron chi connectivity index (χ4n) is 3.79. The van der Waals surface area contributed by atoms with E-state index in [4.69, 9.17) is 0 Å². The summed E-state index contributed by atoms with van der Waals surface area (Å²) in [4.78, 5) is 13.9. The van der Waals surface area contributed by atoms with Crippen LogP contribution in [0, 0.1) is 12.8 Å². The smallest absolute Gasteiger partial charge is 0.234 e. The molecule has 3 aromatic rings. The number of amides is 1. The highest BCUT2D eigenvalue weighted by Crippen LogP contribution is 2.38. The number of hydrogen-bond acceptors (Lipinski definition) is 5. The van der Waals surface area contributed by atoms with E-state index in [-0.39, 0.29) is 5.91 Å². The van der Waals surface area contributed by atoms with Crippen molar-refractivity contribution in [2.75, 3.05) is 11.1 Å². The summed E-state index contributed by atoms with van der Waals surface area (Å²) in [7, 11) is 0. The molecule has 0 fully saturated rings. The molecule has 1 aliphatic rings. The number of hydrogen-bond donors (Lipinski definition) is 1. The number of carbonyl (C=O) groups is 1. The number of nitrogens with zero attached hydrogens (tertiary/aromatic N) is 3. The summed E-state index contributed by atoms with van der Waals surface area (Å²) in [5.74, 6) is 1.97. The van der Waals surface area contributed by atoms with E-state index in [2.05, 4.69) is 39.3 Å². The van der Waals surface area contributed by atoms with Crippen molar-refractivity contribution in [3.8, 4) is 11.4 Å². The molecule has 1 amide bonds. The topological polar surface area (TPSA) is 59.8 Å². The Kier molecular flexibility index (Phi) is 6.06. The van der Waals surface area contributed by atoms with Crippen LogP contribution in [-0.4, -0.2) is 26.4 Å². The monoisotopic (exact) mass is 426 g/mol. The number of anilines is 1. The molecule has 0 saturated heterocycles. The lowest BCUT2D eigenvalue weighted by molar-refractivity contribution is -0.113. The van der Waals surface area contributed by atoms with Gasteiger partial charge in [0.15, 0.2) is 11.0 Å². The molecule has 29 heavy (non-hydrogen) atoms. The molecule has 1 aliphatic carbocycles. The van der Waals surface area contributed by atoms with E-state index in [1.807, 2.05) is 42.5 Å². The largest absolute Gasteiger partial charge is 0.325 e. The predicted molar refractivity (Wildman–Crippen MR) is 121 cm³/mol. The van der Waals surface area contributed by atoms with Gasteiger partial charge in [0.25, 0.3) is 0 Å². The van der Waals surface area contributed by atoms with Crippen LogP contribution in [-0.2, 0) is 24.2 Å². The highest BCUT2D eigenvalue weighted by atomic mass is 32.2. The molecular weight excluding hydrogens is 400 g/mol. The Labute approximate surface area is 179 Å². The van der Waals surface area contributed by atoms with Gasteiger partial charge in [0.2, 0.25) is 5.91 Å². The zero-order valence-electron chi connectivity index (χ0n) is 17.1. The molecular formula is C22H26N4OS2. The first-order valence-corrected chi connectivity index (χ1v) is 11.9. The standard InChI is InChI=1S/C22H26N4OS2/c1-4-26-21(18-12-28-19-11-15(3)8-9-17(18)19)24-25-22(26)29-13-20(27)23-16-7-5-6-14(2)10-16/h5-7,10,12,15H,4,8-9,11,13H2,1-3H3,(H,23,27). The second-order valence-electron chi connectivity index (χ2n) is 7.66. The summed E-state index contributed by atoms with van der Waals surface area (Å²) in [6.45, 7) is 7.22. The first-order valence-electron chi connectivity index (χ1n) is 10.1. The third-order valence-electron chi connectivity index (χ3n) is 5.31. The van der Waals surface area contributed by atoms with Gasteiger partial charge in [-0.05, 0) is 62.3 Å². The number of benzene rings is 1. The zero-order chi connectivity index (χ0) is 20.4. The van der Waals surface area contributed by atoms with Crippen molar-refractivity contribution < 1.29 is 4.79 Å².